The third-order valence-electron chi connectivity index (χ3n) is 2.25. The molecule has 1 aromatic rings. The third kappa shape index (κ3) is 3.59. The van der Waals surface area contributed by atoms with Gasteiger partial charge in [-0.1, -0.05) is 11.6 Å². The van der Waals surface area contributed by atoms with Gasteiger partial charge in [-0.2, -0.15) is 0 Å². The average Bonchev–Trinajstić information content (AvgIpc) is 2.29. The number of benzene rings is 1. The van der Waals surface area contributed by atoms with Crippen molar-refractivity contribution < 1.29 is 9.47 Å². The van der Waals surface area contributed by atoms with Crippen molar-refractivity contribution in [1.82, 2.24) is 0 Å². The summed E-state index contributed by atoms with van der Waals surface area (Å²) in [5.74, 6) is 1.48. The molecule has 0 aliphatic carbocycles. The highest BCUT2D eigenvalue weighted by Crippen LogP contribution is 2.28. The maximum atomic E-state index is 5.61. The van der Waals surface area contributed by atoms with E-state index in [1.807, 2.05) is 25.1 Å². The van der Waals surface area contributed by atoms with Gasteiger partial charge >= 0.3 is 0 Å². The van der Waals surface area contributed by atoms with Crippen LogP contribution in [0, 0.1) is 0 Å². The summed E-state index contributed by atoms with van der Waals surface area (Å²) >= 11 is 0. The number of hydrogen-bond donors (Lipinski definition) is 1. The molecule has 0 unspecified atom stereocenters. The SMILES string of the molecule is C=C(C)CCOc1ccc(CN)cc1OC. The molecule has 0 radical (unpaired) electrons. The van der Waals surface area contributed by atoms with Crippen LogP contribution in [0.4, 0.5) is 0 Å². The normalized spacial score (nSPS) is 9.94. The molecular formula is C13H19NO2. The number of nitrogens with two attached hydrogens (primary N) is 1. The van der Waals surface area contributed by atoms with Gasteiger partial charge in [0.25, 0.3) is 0 Å². The largest absolute Gasteiger partial charge is 0.493 e. The summed E-state index contributed by atoms with van der Waals surface area (Å²) in [7, 11) is 1.63. The second-order valence-electron chi connectivity index (χ2n) is 3.74. The quantitative estimate of drug-likeness (QED) is 0.751. The fraction of sp³-hybridized carbons (Fsp3) is 0.385. The number of hydrogen-bond acceptors (Lipinski definition) is 3. The molecule has 0 saturated carbocycles. The summed E-state index contributed by atoms with van der Waals surface area (Å²) in [4.78, 5) is 0. The molecule has 0 aromatic heterocycles. The van der Waals surface area contributed by atoms with E-state index in [0.717, 1.165) is 29.1 Å². The molecular weight excluding hydrogens is 202 g/mol. The Morgan fingerprint density at radius 1 is 1.38 bits per heavy atom. The Morgan fingerprint density at radius 2 is 2.12 bits per heavy atom. The Hall–Kier alpha value is -1.48. The number of rotatable bonds is 6. The van der Waals surface area contributed by atoms with E-state index in [0.29, 0.717) is 13.2 Å². The van der Waals surface area contributed by atoms with Crippen LogP contribution in [-0.2, 0) is 6.54 Å². The van der Waals surface area contributed by atoms with E-state index in [1.54, 1.807) is 7.11 Å². The standard InChI is InChI=1S/C13H19NO2/c1-10(2)6-7-16-12-5-4-11(9-14)8-13(12)15-3/h4-5,8H,1,6-7,9,14H2,2-3H3. The van der Waals surface area contributed by atoms with Crippen LogP contribution in [0.25, 0.3) is 0 Å². The Morgan fingerprint density at radius 3 is 2.69 bits per heavy atom. The van der Waals surface area contributed by atoms with E-state index < -0.39 is 0 Å². The highest BCUT2D eigenvalue weighted by molar-refractivity contribution is 5.42. The molecule has 1 aromatic carbocycles. The molecule has 2 N–H and O–H groups in total. The minimum absolute atomic E-state index is 0.502. The maximum absolute atomic E-state index is 5.61. The van der Waals surface area contributed by atoms with Gasteiger partial charge in [0, 0.05) is 13.0 Å². The van der Waals surface area contributed by atoms with Gasteiger partial charge in [0.05, 0.1) is 13.7 Å². The number of ether oxygens (including phenoxy) is 2. The van der Waals surface area contributed by atoms with Gasteiger partial charge in [0.1, 0.15) is 0 Å². The second-order valence-corrected chi connectivity index (χ2v) is 3.74. The zero-order valence-electron chi connectivity index (χ0n) is 9.95. The van der Waals surface area contributed by atoms with Crippen LogP contribution in [0.3, 0.4) is 0 Å². The van der Waals surface area contributed by atoms with Crippen LogP contribution in [-0.4, -0.2) is 13.7 Å². The molecule has 0 saturated heterocycles. The average molecular weight is 221 g/mol. The van der Waals surface area contributed by atoms with Crippen LogP contribution >= 0.6 is 0 Å². The van der Waals surface area contributed by atoms with Crippen molar-refractivity contribution >= 4 is 0 Å². The molecule has 3 nitrogen and oxygen atoms in total. The highest BCUT2D eigenvalue weighted by atomic mass is 16.5. The summed E-state index contributed by atoms with van der Waals surface area (Å²) < 4.78 is 10.9. The Kier molecular flexibility index (Phi) is 4.86. The van der Waals surface area contributed by atoms with Gasteiger partial charge in [0.2, 0.25) is 0 Å². The molecule has 0 aliphatic heterocycles. The lowest BCUT2D eigenvalue weighted by Crippen LogP contribution is -2.01. The summed E-state index contributed by atoms with van der Waals surface area (Å²) in [6.45, 7) is 6.93. The predicted molar refractivity (Wildman–Crippen MR) is 65.8 cm³/mol. The third-order valence-corrected chi connectivity index (χ3v) is 2.25. The zero-order chi connectivity index (χ0) is 12.0. The molecule has 0 fully saturated rings. The summed E-state index contributed by atoms with van der Waals surface area (Å²) in [5, 5.41) is 0. The Bertz CT molecular complexity index is 361. The van der Waals surface area contributed by atoms with Crippen LogP contribution in [0.2, 0.25) is 0 Å². The molecule has 16 heavy (non-hydrogen) atoms. The smallest absolute Gasteiger partial charge is 0.161 e. The molecule has 88 valence electrons. The van der Waals surface area contributed by atoms with E-state index in [-0.39, 0.29) is 0 Å². The van der Waals surface area contributed by atoms with Crippen molar-refractivity contribution in [1.29, 1.82) is 0 Å². The first-order valence-electron chi connectivity index (χ1n) is 5.31. The minimum Gasteiger partial charge on any atom is -0.493 e. The predicted octanol–water partition coefficient (Wildman–Crippen LogP) is 2.50. The Balaban J connectivity index is 2.68. The van der Waals surface area contributed by atoms with E-state index in [9.17, 15) is 0 Å². The van der Waals surface area contributed by atoms with Gasteiger partial charge < -0.3 is 15.2 Å². The molecule has 0 bridgehead atoms. The van der Waals surface area contributed by atoms with E-state index in [1.165, 1.54) is 0 Å². The lowest BCUT2D eigenvalue weighted by atomic mass is 10.2. The van der Waals surface area contributed by atoms with Gasteiger partial charge in [-0.3, -0.25) is 0 Å². The lowest BCUT2D eigenvalue weighted by Gasteiger charge is -2.11. The van der Waals surface area contributed by atoms with Crippen LogP contribution in [0.15, 0.2) is 30.4 Å². The van der Waals surface area contributed by atoms with E-state index >= 15 is 0 Å². The fourth-order valence-corrected chi connectivity index (χ4v) is 1.29. The lowest BCUT2D eigenvalue weighted by molar-refractivity contribution is 0.297. The van der Waals surface area contributed by atoms with Crippen LogP contribution in [0.1, 0.15) is 18.9 Å². The van der Waals surface area contributed by atoms with Crippen molar-refractivity contribution in [2.24, 2.45) is 5.73 Å². The first-order valence-corrected chi connectivity index (χ1v) is 5.31. The first-order chi connectivity index (χ1) is 7.67. The summed E-state index contributed by atoms with van der Waals surface area (Å²) in [5.41, 5.74) is 7.70. The Labute approximate surface area is 96.9 Å². The van der Waals surface area contributed by atoms with Crippen molar-refractivity contribution in [3.63, 3.8) is 0 Å². The molecule has 0 atom stereocenters. The minimum atomic E-state index is 0.502. The summed E-state index contributed by atoms with van der Waals surface area (Å²) in [6.07, 6.45) is 0.849. The molecule has 0 amide bonds. The number of methoxy groups -OCH3 is 1. The van der Waals surface area contributed by atoms with Gasteiger partial charge in [-0.05, 0) is 24.6 Å². The van der Waals surface area contributed by atoms with Crippen molar-refractivity contribution in [3.05, 3.63) is 35.9 Å². The highest BCUT2D eigenvalue weighted by Gasteiger charge is 2.04. The van der Waals surface area contributed by atoms with Crippen LogP contribution in [0.5, 0.6) is 11.5 Å². The van der Waals surface area contributed by atoms with Crippen molar-refractivity contribution in [3.8, 4) is 11.5 Å². The topological polar surface area (TPSA) is 44.5 Å². The van der Waals surface area contributed by atoms with Gasteiger partial charge in [-0.25, -0.2) is 0 Å². The second kappa shape index (κ2) is 6.18. The van der Waals surface area contributed by atoms with Crippen molar-refractivity contribution in [2.45, 2.75) is 19.9 Å². The monoisotopic (exact) mass is 221 g/mol. The molecule has 0 heterocycles. The molecule has 0 spiro atoms. The molecule has 0 aliphatic rings. The van der Waals surface area contributed by atoms with Crippen LogP contribution < -0.4 is 15.2 Å². The molecule has 3 heteroatoms. The summed E-state index contributed by atoms with van der Waals surface area (Å²) in [6, 6.07) is 5.73. The van der Waals surface area contributed by atoms with E-state index in [4.69, 9.17) is 15.2 Å². The van der Waals surface area contributed by atoms with Crippen molar-refractivity contribution in [2.75, 3.05) is 13.7 Å². The van der Waals surface area contributed by atoms with Gasteiger partial charge in [0.15, 0.2) is 11.5 Å². The maximum Gasteiger partial charge on any atom is 0.161 e. The molecule has 1 rings (SSSR count). The van der Waals surface area contributed by atoms with E-state index in [2.05, 4.69) is 6.58 Å². The van der Waals surface area contributed by atoms with Gasteiger partial charge in [-0.15, -0.1) is 6.58 Å². The first kappa shape index (κ1) is 12.6. The fourth-order valence-electron chi connectivity index (χ4n) is 1.29. The zero-order valence-corrected chi connectivity index (χ0v) is 9.95.